The molecule has 0 spiro atoms. The van der Waals surface area contributed by atoms with Crippen LogP contribution in [0.1, 0.15) is 47.1 Å². The second-order valence-electron chi connectivity index (χ2n) is 6.87. The number of ether oxygens (including phenoxy) is 2. The summed E-state index contributed by atoms with van der Waals surface area (Å²) in [4.78, 5) is 11.8. The first-order valence-electron chi connectivity index (χ1n) is 8.47. The highest BCUT2D eigenvalue weighted by Crippen LogP contribution is 2.36. The third-order valence-electron chi connectivity index (χ3n) is 4.56. The van der Waals surface area contributed by atoms with Crippen molar-refractivity contribution in [3.8, 4) is 5.75 Å². The van der Waals surface area contributed by atoms with Gasteiger partial charge in [0.2, 0.25) is 0 Å². The van der Waals surface area contributed by atoms with Crippen molar-refractivity contribution in [2.75, 3.05) is 13.2 Å². The van der Waals surface area contributed by atoms with Crippen LogP contribution in [0, 0.1) is 0 Å². The number of benzene rings is 1. The molecular weight excluding hydrogens is 307 g/mol. The van der Waals surface area contributed by atoms with E-state index in [1.807, 2.05) is 52.8 Å². The molecule has 2 rings (SSSR count). The highest BCUT2D eigenvalue weighted by atomic mass is 16.7. The lowest BCUT2D eigenvalue weighted by Gasteiger charge is -2.32. The van der Waals surface area contributed by atoms with Gasteiger partial charge in [-0.2, -0.15) is 0 Å². The lowest BCUT2D eigenvalue weighted by Crippen LogP contribution is -2.41. The Balaban J connectivity index is 2.24. The van der Waals surface area contributed by atoms with Crippen molar-refractivity contribution in [1.29, 1.82) is 0 Å². The minimum absolute atomic E-state index is 0.187. The molecule has 1 fully saturated rings. The van der Waals surface area contributed by atoms with E-state index in [2.05, 4.69) is 0 Å². The second-order valence-corrected chi connectivity index (χ2v) is 6.87. The number of carbonyl (C=O) groups excluding carboxylic acids is 1. The van der Waals surface area contributed by atoms with Gasteiger partial charge >= 0.3 is 13.1 Å². The predicted molar refractivity (Wildman–Crippen MR) is 93.7 cm³/mol. The lowest BCUT2D eigenvalue weighted by molar-refractivity contribution is -0.142. The topological polar surface area (TPSA) is 54.0 Å². The summed E-state index contributed by atoms with van der Waals surface area (Å²) in [6.45, 7) is 12.7. The fourth-order valence-electron chi connectivity index (χ4n) is 2.50. The van der Waals surface area contributed by atoms with E-state index in [0.29, 0.717) is 19.0 Å². The van der Waals surface area contributed by atoms with Crippen molar-refractivity contribution in [3.63, 3.8) is 0 Å². The zero-order valence-corrected chi connectivity index (χ0v) is 15.5. The van der Waals surface area contributed by atoms with E-state index in [-0.39, 0.29) is 12.4 Å². The summed E-state index contributed by atoms with van der Waals surface area (Å²) in [6, 6.07) is 5.68. The molecule has 0 saturated carbocycles. The van der Waals surface area contributed by atoms with Gasteiger partial charge in [-0.05, 0) is 53.1 Å². The molecule has 0 atom stereocenters. The van der Waals surface area contributed by atoms with Crippen LogP contribution in [0.25, 0.3) is 0 Å². The Morgan fingerprint density at radius 1 is 1.08 bits per heavy atom. The standard InChI is InChI=1S/C18H27BO5/c1-7-21-15-12-14(10-9-13(15)11-16(20)22-8-2)19-23-17(3,4)18(5,6)24-19/h9-10,12H,7-8,11H2,1-6H3. The Morgan fingerprint density at radius 2 is 1.71 bits per heavy atom. The van der Waals surface area contributed by atoms with Crippen LogP contribution in [-0.4, -0.2) is 37.5 Å². The Labute approximate surface area is 144 Å². The summed E-state index contributed by atoms with van der Waals surface area (Å²) in [5.74, 6) is 0.402. The quantitative estimate of drug-likeness (QED) is 0.591. The van der Waals surface area contributed by atoms with Gasteiger partial charge in [0.1, 0.15) is 5.75 Å². The number of hydrogen-bond donors (Lipinski definition) is 0. The molecule has 0 aliphatic carbocycles. The van der Waals surface area contributed by atoms with E-state index >= 15 is 0 Å². The largest absolute Gasteiger partial charge is 0.494 e. The van der Waals surface area contributed by atoms with Crippen molar-refractivity contribution in [2.45, 2.75) is 59.2 Å². The zero-order chi connectivity index (χ0) is 18.0. The summed E-state index contributed by atoms with van der Waals surface area (Å²) < 4.78 is 22.9. The molecule has 1 aromatic rings. The first kappa shape index (κ1) is 18.8. The van der Waals surface area contributed by atoms with Gasteiger partial charge in [-0.25, -0.2) is 0 Å². The zero-order valence-electron chi connectivity index (χ0n) is 15.5. The summed E-state index contributed by atoms with van der Waals surface area (Å²) in [7, 11) is -0.453. The Morgan fingerprint density at radius 3 is 2.25 bits per heavy atom. The SMILES string of the molecule is CCOC(=O)Cc1ccc(B2OC(C)(C)C(C)(C)O2)cc1OCC. The first-order chi connectivity index (χ1) is 11.2. The molecule has 132 valence electrons. The minimum Gasteiger partial charge on any atom is -0.494 e. The highest BCUT2D eigenvalue weighted by molar-refractivity contribution is 6.62. The number of esters is 1. The van der Waals surface area contributed by atoms with Crippen LogP contribution >= 0.6 is 0 Å². The van der Waals surface area contributed by atoms with Crippen LogP contribution in [0.2, 0.25) is 0 Å². The molecule has 1 aliphatic heterocycles. The van der Waals surface area contributed by atoms with Crippen molar-refractivity contribution in [1.82, 2.24) is 0 Å². The maximum Gasteiger partial charge on any atom is 0.494 e. The van der Waals surface area contributed by atoms with Gasteiger partial charge in [-0.1, -0.05) is 12.1 Å². The van der Waals surface area contributed by atoms with E-state index in [0.717, 1.165) is 11.0 Å². The monoisotopic (exact) mass is 334 g/mol. The molecule has 0 unspecified atom stereocenters. The molecule has 6 heteroatoms. The van der Waals surface area contributed by atoms with Crippen molar-refractivity contribution in [3.05, 3.63) is 23.8 Å². The fourth-order valence-corrected chi connectivity index (χ4v) is 2.50. The van der Waals surface area contributed by atoms with Crippen LogP contribution in [0.5, 0.6) is 5.75 Å². The van der Waals surface area contributed by atoms with Gasteiger partial charge in [-0.15, -0.1) is 0 Å². The Bertz CT molecular complexity index is 581. The molecule has 0 aromatic heterocycles. The maximum absolute atomic E-state index is 11.8. The average molecular weight is 334 g/mol. The Kier molecular flexibility index (Phi) is 5.61. The van der Waals surface area contributed by atoms with Gasteiger partial charge < -0.3 is 18.8 Å². The van der Waals surface area contributed by atoms with Gasteiger partial charge in [0.05, 0.1) is 30.8 Å². The van der Waals surface area contributed by atoms with Crippen LogP contribution in [0.3, 0.4) is 0 Å². The van der Waals surface area contributed by atoms with E-state index in [1.165, 1.54) is 0 Å². The highest BCUT2D eigenvalue weighted by Gasteiger charge is 2.51. The molecular formula is C18H27BO5. The fraction of sp³-hybridized carbons (Fsp3) is 0.611. The summed E-state index contributed by atoms with van der Waals surface area (Å²) in [5.41, 5.74) is 0.889. The van der Waals surface area contributed by atoms with Crippen molar-refractivity contribution in [2.24, 2.45) is 0 Å². The third kappa shape index (κ3) is 3.93. The van der Waals surface area contributed by atoms with Gasteiger partial charge in [0.15, 0.2) is 0 Å². The molecule has 1 aromatic carbocycles. The average Bonchev–Trinajstić information content (AvgIpc) is 2.70. The normalized spacial score (nSPS) is 18.5. The first-order valence-corrected chi connectivity index (χ1v) is 8.47. The Hall–Kier alpha value is -1.53. The molecule has 24 heavy (non-hydrogen) atoms. The van der Waals surface area contributed by atoms with Gasteiger partial charge in [-0.3, -0.25) is 4.79 Å². The summed E-state index contributed by atoms with van der Waals surface area (Å²) in [6.07, 6.45) is 0.187. The van der Waals surface area contributed by atoms with Crippen LogP contribution in [-0.2, 0) is 25.3 Å². The van der Waals surface area contributed by atoms with E-state index in [1.54, 1.807) is 6.92 Å². The second kappa shape index (κ2) is 7.15. The maximum atomic E-state index is 11.8. The number of carbonyl (C=O) groups is 1. The van der Waals surface area contributed by atoms with Gasteiger partial charge in [0, 0.05) is 5.56 Å². The van der Waals surface area contributed by atoms with Crippen LogP contribution < -0.4 is 10.2 Å². The molecule has 0 bridgehead atoms. The van der Waals surface area contributed by atoms with Crippen LogP contribution in [0.4, 0.5) is 0 Å². The van der Waals surface area contributed by atoms with E-state index in [4.69, 9.17) is 18.8 Å². The molecule has 0 radical (unpaired) electrons. The summed E-state index contributed by atoms with van der Waals surface area (Å²) in [5, 5.41) is 0. The number of rotatable bonds is 6. The molecule has 5 nitrogen and oxygen atoms in total. The minimum atomic E-state index is -0.453. The van der Waals surface area contributed by atoms with E-state index < -0.39 is 18.3 Å². The lowest BCUT2D eigenvalue weighted by atomic mass is 9.78. The summed E-state index contributed by atoms with van der Waals surface area (Å²) >= 11 is 0. The third-order valence-corrected chi connectivity index (χ3v) is 4.56. The van der Waals surface area contributed by atoms with Gasteiger partial charge in [0.25, 0.3) is 0 Å². The molecule has 1 aliphatic rings. The van der Waals surface area contributed by atoms with Crippen molar-refractivity contribution < 1.29 is 23.6 Å². The van der Waals surface area contributed by atoms with Crippen LogP contribution in [0.15, 0.2) is 18.2 Å². The number of hydrogen-bond acceptors (Lipinski definition) is 5. The predicted octanol–water partition coefficient (Wildman–Crippen LogP) is 2.49. The van der Waals surface area contributed by atoms with E-state index in [9.17, 15) is 4.79 Å². The molecule has 0 N–H and O–H groups in total. The molecule has 1 saturated heterocycles. The molecule has 0 amide bonds. The molecule has 1 heterocycles. The smallest absolute Gasteiger partial charge is 0.494 e. The van der Waals surface area contributed by atoms with Crippen molar-refractivity contribution >= 4 is 18.6 Å².